The Morgan fingerprint density at radius 2 is 1.56 bits per heavy atom. The molecule has 4 heteroatoms. The Balaban J connectivity index is 2.16. The Kier molecular flexibility index (Phi) is 5.44. The molecule has 0 saturated heterocycles. The van der Waals surface area contributed by atoms with E-state index in [1.165, 1.54) is 11.1 Å². The van der Waals surface area contributed by atoms with Crippen LogP contribution >= 0.6 is 0 Å². The van der Waals surface area contributed by atoms with Gasteiger partial charge in [0.25, 0.3) is 0 Å². The van der Waals surface area contributed by atoms with Crippen molar-refractivity contribution in [2.24, 2.45) is 0 Å². The van der Waals surface area contributed by atoms with Crippen LogP contribution in [-0.2, 0) is 12.8 Å². The van der Waals surface area contributed by atoms with Gasteiger partial charge in [-0.15, -0.1) is 5.54 Å². The van der Waals surface area contributed by atoms with Crippen LogP contribution in [0.1, 0.15) is 58.4 Å². The van der Waals surface area contributed by atoms with E-state index < -0.39 is 8.07 Å². The van der Waals surface area contributed by atoms with Crippen molar-refractivity contribution in [3.8, 4) is 22.7 Å². The van der Waals surface area contributed by atoms with E-state index in [1.807, 2.05) is 0 Å². The van der Waals surface area contributed by atoms with E-state index in [0.29, 0.717) is 22.6 Å². The van der Waals surface area contributed by atoms with E-state index in [0.717, 1.165) is 29.8 Å². The molecule has 0 radical (unpaired) electrons. The van der Waals surface area contributed by atoms with Crippen LogP contribution in [0.2, 0.25) is 16.6 Å². The SMILES string of the molecule is CC(C)[Si](C#Cc1nc(N)nc2c1CCc1ccccc1-2)(C(C)C)C(C)C. The molecule has 142 valence electrons. The Morgan fingerprint density at radius 1 is 0.926 bits per heavy atom. The molecule has 0 bridgehead atoms. The predicted molar refractivity (Wildman–Crippen MR) is 117 cm³/mol. The fourth-order valence-corrected chi connectivity index (χ4v) is 10.1. The molecular weight excluding hydrogens is 346 g/mol. The third-order valence-corrected chi connectivity index (χ3v) is 12.5. The van der Waals surface area contributed by atoms with Gasteiger partial charge in [-0.25, -0.2) is 9.97 Å². The summed E-state index contributed by atoms with van der Waals surface area (Å²) in [4.78, 5) is 9.13. The predicted octanol–water partition coefficient (Wildman–Crippen LogP) is 5.39. The maximum absolute atomic E-state index is 6.08. The molecule has 1 aliphatic carbocycles. The normalized spacial score (nSPS) is 13.4. The van der Waals surface area contributed by atoms with Gasteiger partial charge in [-0.2, -0.15) is 0 Å². The number of aromatic nitrogens is 2. The third kappa shape index (κ3) is 3.41. The zero-order chi connectivity index (χ0) is 19.8. The molecule has 3 nitrogen and oxygen atoms in total. The van der Waals surface area contributed by atoms with Gasteiger partial charge in [0.05, 0.1) is 5.69 Å². The van der Waals surface area contributed by atoms with Crippen LogP contribution in [0, 0.1) is 11.5 Å². The lowest BCUT2D eigenvalue weighted by Gasteiger charge is -2.38. The zero-order valence-corrected chi connectivity index (χ0v) is 18.4. The highest BCUT2D eigenvalue weighted by Gasteiger charge is 2.41. The highest BCUT2D eigenvalue weighted by atomic mass is 28.3. The molecule has 0 spiro atoms. The summed E-state index contributed by atoms with van der Waals surface area (Å²) in [5.74, 6) is 3.83. The summed E-state index contributed by atoms with van der Waals surface area (Å²) in [6.45, 7) is 14.0. The number of hydrogen-bond donors (Lipinski definition) is 1. The smallest absolute Gasteiger partial charge is 0.221 e. The molecule has 27 heavy (non-hydrogen) atoms. The van der Waals surface area contributed by atoms with Gasteiger partial charge in [0.1, 0.15) is 13.8 Å². The van der Waals surface area contributed by atoms with Crippen molar-refractivity contribution >= 4 is 14.0 Å². The Morgan fingerprint density at radius 3 is 2.19 bits per heavy atom. The molecule has 1 aromatic heterocycles. The average Bonchev–Trinajstić information content (AvgIpc) is 2.61. The van der Waals surface area contributed by atoms with Crippen molar-refractivity contribution in [2.75, 3.05) is 5.73 Å². The number of nitrogens with zero attached hydrogens (tertiary/aromatic N) is 2. The van der Waals surface area contributed by atoms with Crippen LogP contribution in [-0.4, -0.2) is 18.0 Å². The minimum atomic E-state index is -1.81. The number of nitrogens with two attached hydrogens (primary N) is 1. The number of aryl methyl sites for hydroxylation is 1. The lowest BCUT2D eigenvalue weighted by molar-refractivity contribution is 0.838. The summed E-state index contributed by atoms with van der Waals surface area (Å²) in [6.07, 6.45) is 1.93. The van der Waals surface area contributed by atoms with Gasteiger partial charge in [0.2, 0.25) is 5.95 Å². The Labute approximate surface area is 164 Å². The lowest BCUT2D eigenvalue weighted by atomic mass is 9.88. The first-order valence-corrected chi connectivity index (χ1v) is 12.3. The lowest BCUT2D eigenvalue weighted by Crippen LogP contribution is -2.43. The molecule has 0 saturated carbocycles. The Bertz CT molecular complexity index is 882. The second-order valence-electron chi connectivity index (χ2n) is 8.56. The molecule has 0 unspecified atom stereocenters. The molecule has 2 N–H and O–H groups in total. The number of anilines is 1. The van der Waals surface area contributed by atoms with E-state index in [1.54, 1.807) is 0 Å². The van der Waals surface area contributed by atoms with Crippen LogP contribution in [0.25, 0.3) is 11.3 Å². The number of hydrogen-bond acceptors (Lipinski definition) is 3. The quantitative estimate of drug-likeness (QED) is 0.576. The number of benzene rings is 1. The molecule has 0 amide bonds. The first-order valence-electron chi connectivity index (χ1n) is 10.0. The highest BCUT2D eigenvalue weighted by Crippen LogP contribution is 2.41. The van der Waals surface area contributed by atoms with Gasteiger partial charge < -0.3 is 5.73 Å². The summed E-state index contributed by atoms with van der Waals surface area (Å²) in [5, 5.41) is 0. The van der Waals surface area contributed by atoms with Gasteiger partial charge in [-0.1, -0.05) is 71.7 Å². The number of rotatable bonds is 3. The van der Waals surface area contributed by atoms with Crippen molar-refractivity contribution in [2.45, 2.75) is 71.0 Å². The molecule has 2 aromatic rings. The van der Waals surface area contributed by atoms with Crippen LogP contribution in [0.3, 0.4) is 0 Å². The number of fused-ring (bicyclic) bond motifs is 3. The molecule has 1 aromatic carbocycles. The van der Waals surface area contributed by atoms with Crippen molar-refractivity contribution in [3.05, 3.63) is 41.1 Å². The molecule has 0 fully saturated rings. The third-order valence-electron chi connectivity index (χ3n) is 6.20. The molecule has 1 heterocycles. The van der Waals surface area contributed by atoms with Gasteiger partial charge in [0.15, 0.2) is 0 Å². The molecule has 0 atom stereocenters. The summed E-state index contributed by atoms with van der Waals surface area (Å²) in [7, 11) is -1.81. The van der Waals surface area contributed by atoms with Crippen LogP contribution < -0.4 is 5.73 Å². The zero-order valence-electron chi connectivity index (χ0n) is 17.4. The maximum atomic E-state index is 6.08. The van der Waals surface area contributed by atoms with Crippen molar-refractivity contribution in [3.63, 3.8) is 0 Å². The van der Waals surface area contributed by atoms with E-state index >= 15 is 0 Å². The molecule has 1 aliphatic rings. The molecular formula is C23H31N3Si. The van der Waals surface area contributed by atoms with E-state index in [2.05, 4.69) is 87.2 Å². The summed E-state index contributed by atoms with van der Waals surface area (Å²) in [5.41, 5.74) is 17.1. The van der Waals surface area contributed by atoms with E-state index in [9.17, 15) is 0 Å². The van der Waals surface area contributed by atoms with Crippen LogP contribution in [0.15, 0.2) is 24.3 Å². The van der Waals surface area contributed by atoms with Crippen LogP contribution in [0.4, 0.5) is 5.95 Å². The van der Waals surface area contributed by atoms with E-state index in [4.69, 9.17) is 5.73 Å². The fourth-order valence-electron chi connectivity index (χ4n) is 4.89. The Hall–Kier alpha value is -2.12. The second-order valence-corrected chi connectivity index (χ2v) is 14.1. The summed E-state index contributed by atoms with van der Waals surface area (Å²) >= 11 is 0. The van der Waals surface area contributed by atoms with Crippen LogP contribution in [0.5, 0.6) is 0 Å². The second kappa shape index (κ2) is 7.48. The van der Waals surface area contributed by atoms with Gasteiger partial charge in [-0.3, -0.25) is 0 Å². The maximum Gasteiger partial charge on any atom is 0.221 e. The largest absolute Gasteiger partial charge is 0.368 e. The minimum absolute atomic E-state index is 0.320. The standard InChI is InChI=1S/C23H31N3Si/c1-15(2)27(16(3)4,17(5)6)14-13-21-20-12-11-18-9-7-8-10-19(18)22(20)26-23(24)25-21/h7-10,15-17H,11-12H2,1-6H3,(H2,24,25,26). The fraction of sp³-hybridized carbons (Fsp3) is 0.478. The van der Waals surface area contributed by atoms with Gasteiger partial charge in [0, 0.05) is 11.1 Å². The summed E-state index contributed by atoms with van der Waals surface area (Å²) < 4.78 is 0. The van der Waals surface area contributed by atoms with Crippen molar-refractivity contribution in [1.29, 1.82) is 0 Å². The number of nitrogen functional groups attached to an aromatic ring is 1. The first-order chi connectivity index (χ1) is 12.8. The minimum Gasteiger partial charge on any atom is -0.368 e. The highest BCUT2D eigenvalue weighted by molar-refractivity contribution is 6.90. The first kappa shape index (κ1) is 19.6. The van der Waals surface area contributed by atoms with Gasteiger partial charge >= 0.3 is 0 Å². The topological polar surface area (TPSA) is 51.8 Å². The monoisotopic (exact) mass is 377 g/mol. The van der Waals surface area contributed by atoms with E-state index in [-0.39, 0.29) is 0 Å². The average molecular weight is 378 g/mol. The van der Waals surface area contributed by atoms with Crippen molar-refractivity contribution < 1.29 is 0 Å². The van der Waals surface area contributed by atoms with Gasteiger partial charge in [-0.05, 0) is 35.0 Å². The summed E-state index contributed by atoms with van der Waals surface area (Å²) in [6, 6.07) is 8.46. The molecule has 3 rings (SSSR count). The van der Waals surface area contributed by atoms with Crippen molar-refractivity contribution in [1.82, 2.24) is 9.97 Å². The molecule has 0 aliphatic heterocycles.